The van der Waals surface area contributed by atoms with Crippen LogP contribution in [0.3, 0.4) is 0 Å². The second-order valence-electron chi connectivity index (χ2n) is 3.38. The zero-order valence-electron chi connectivity index (χ0n) is 14.1. The summed E-state index contributed by atoms with van der Waals surface area (Å²) in [7, 11) is 0. The van der Waals surface area contributed by atoms with Gasteiger partial charge in [0.05, 0.1) is 0 Å². The van der Waals surface area contributed by atoms with E-state index in [4.69, 9.17) is 14.0 Å². The Labute approximate surface area is 99.0 Å². The Morgan fingerprint density at radius 2 is 1.60 bits per heavy atom. The maximum Gasteiger partial charge on any atom is 0.0393 e. The first-order valence-electron chi connectivity index (χ1n) is 7.60. The molecule has 1 nitrogen and oxygen atoms in total. The number of aryl methyl sites for hydroxylation is 2. The van der Waals surface area contributed by atoms with E-state index in [0.29, 0.717) is 16.8 Å². The van der Waals surface area contributed by atoms with Gasteiger partial charge in [0, 0.05) is 19.5 Å². The van der Waals surface area contributed by atoms with Crippen LogP contribution in [0.15, 0.2) is 42.5 Å². The van der Waals surface area contributed by atoms with E-state index in [2.05, 4.69) is 0 Å². The SMILES string of the molecule is [2H]C([2H])([2H])c1ccc(-c2cc(C([2H])([2H])[2H])ccc2N)cc1. The highest BCUT2D eigenvalue weighted by Gasteiger charge is 2.01. The van der Waals surface area contributed by atoms with Crippen LogP contribution in [0.2, 0.25) is 0 Å². The first kappa shape index (κ1) is 4.84. The molecule has 0 radical (unpaired) electrons. The summed E-state index contributed by atoms with van der Waals surface area (Å²) >= 11 is 0. The maximum absolute atomic E-state index is 7.44. The highest BCUT2D eigenvalue weighted by Crippen LogP contribution is 2.26. The molecular formula is C14H15N. The summed E-state index contributed by atoms with van der Waals surface area (Å²) in [6, 6.07) is 10.8. The number of nitrogens with two attached hydrogens (primary N) is 1. The van der Waals surface area contributed by atoms with Crippen molar-refractivity contribution in [3.8, 4) is 11.1 Å². The lowest BCUT2D eigenvalue weighted by atomic mass is 10.0. The maximum atomic E-state index is 7.44. The second-order valence-corrected chi connectivity index (χ2v) is 3.38. The molecule has 2 N–H and O–H groups in total. The summed E-state index contributed by atoms with van der Waals surface area (Å²) < 4.78 is 44.3. The number of hydrogen-bond donors (Lipinski definition) is 1. The van der Waals surface area contributed by atoms with Gasteiger partial charge < -0.3 is 5.73 Å². The summed E-state index contributed by atoms with van der Waals surface area (Å²) in [6.07, 6.45) is 0. The molecule has 0 aliphatic carbocycles. The number of nitrogen functional groups attached to an aromatic ring is 1. The summed E-state index contributed by atoms with van der Waals surface area (Å²) in [5.41, 5.74) is 8.05. The molecule has 0 aromatic heterocycles. The average Bonchev–Trinajstić information content (AvgIpc) is 2.37. The molecule has 0 fully saturated rings. The van der Waals surface area contributed by atoms with Crippen LogP contribution in [0.5, 0.6) is 0 Å². The van der Waals surface area contributed by atoms with E-state index in [1.54, 1.807) is 18.2 Å². The molecule has 76 valence electrons. The van der Waals surface area contributed by atoms with E-state index < -0.39 is 13.7 Å². The Morgan fingerprint density at radius 3 is 2.27 bits per heavy atom. The quantitative estimate of drug-likeness (QED) is 0.705. The minimum Gasteiger partial charge on any atom is -0.398 e. The third-order valence-corrected chi connectivity index (χ3v) is 2.25. The number of hydrogen-bond acceptors (Lipinski definition) is 1. The molecule has 2 rings (SSSR count). The van der Waals surface area contributed by atoms with Crippen LogP contribution in [0.1, 0.15) is 19.4 Å². The molecule has 2 aromatic rings. The molecule has 0 aliphatic rings. The van der Waals surface area contributed by atoms with Gasteiger partial charge in [-0.1, -0.05) is 41.5 Å². The lowest BCUT2D eigenvalue weighted by Crippen LogP contribution is -1.90. The van der Waals surface area contributed by atoms with Gasteiger partial charge in [0.25, 0.3) is 0 Å². The van der Waals surface area contributed by atoms with E-state index in [-0.39, 0.29) is 11.1 Å². The molecule has 0 atom stereocenters. The van der Waals surface area contributed by atoms with Crippen LogP contribution >= 0.6 is 0 Å². The van der Waals surface area contributed by atoms with Gasteiger partial charge >= 0.3 is 0 Å². The molecule has 0 heterocycles. The van der Waals surface area contributed by atoms with Gasteiger partial charge in [-0.3, -0.25) is 0 Å². The Bertz CT molecular complexity index is 640. The predicted molar refractivity (Wildman–Crippen MR) is 65.8 cm³/mol. The highest BCUT2D eigenvalue weighted by atomic mass is 14.6. The normalized spacial score (nSPS) is 17.9. The largest absolute Gasteiger partial charge is 0.398 e. The molecule has 0 saturated heterocycles. The van der Waals surface area contributed by atoms with Crippen molar-refractivity contribution in [1.82, 2.24) is 0 Å². The molecule has 0 amide bonds. The molecule has 0 spiro atoms. The summed E-state index contributed by atoms with van der Waals surface area (Å²) in [5.74, 6) is 0. The van der Waals surface area contributed by atoms with Crippen LogP contribution in [-0.4, -0.2) is 0 Å². The van der Waals surface area contributed by atoms with Gasteiger partial charge in [0.1, 0.15) is 0 Å². The standard InChI is InChI=1S/C14H15N/c1-10-3-6-12(7-4-10)13-9-11(2)5-8-14(13)15/h3-9H,15H2,1-2H3/i1D3,2D3. The molecule has 0 unspecified atom stereocenters. The first-order chi connectivity index (χ1) is 9.59. The highest BCUT2D eigenvalue weighted by molar-refractivity contribution is 5.76. The molecule has 2 aromatic carbocycles. The summed E-state index contributed by atoms with van der Waals surface area (Å²) in [4.78, 5) is 0. The van der Waals surface area contributed by atoms with E-state index in [0.717, 1.165) is 0 Å². The van der Waals surface area contributed by atoms with Crippen molar-refractivity contribution in [1.29, 1.82) is 0 Å². The third-order valence-electron chi connectivity index (χ3n) is 2.25. The summed E-state index contributed by atoms with van der Waals surface area (Å²) in [6.45, 7) is -4.37. The second kappa shape index (κ2) is 3.77. The zero-order chi connectivity index (χ0) is 15.8. The van der Waals surface area contributed by atoms with Crippen molar-refractivity contribution >= 4 is 5.69 Å². The van der Waals surface area contributed by atoms with E-state index in [1.165, 1.54) is 24.3 Å². The van der Waals surface area contributed by atoms with Crippen LogP contribution in [-0.2, 0) is 0 Å². The fraction of sp³-hybridized carbons (Fsp3) is 0.143. The van der Waals surface area contributed by atoms with Gasteiger partial charge in [0.15, 0.2) is 0 Å². The lowest BCUT2D eigenvalue weighted by Gasteiger charge is -2.07. The van der Waals surface area contributed by atoms with Crippen LogP contribution in [0.25, 0.3) is 11.1 Å². The Morgan fingerprint density at radius 1 is 0.933 bits per heavy atom. The van der Waals surface area contributed by atoms with Crippen LogP contribution < -0.4 is 5.73 Å². The molecule has 1 heteroatoms. The fourth-order valence-corrected chi connectivity index (χ4v) is 1.46. The van der Waals surface area contributed by atoms with Crippen molar-refractivity contribution in [2.45, 2.75) is 13.7 Å². The Kier molecular flexibility index (Phi) is 1.22. The Balaban J connectivity index is 2.47. The van der Waals surface area contributed by atoms with Crippen LogP contribution in [0, 0.1) is 13.7 Å². The van der Waals surface area contributed by atoms with Gasteiger partial charge in [-0.05, 0) is 31.4 Å². The average molecular weight is 203 g/mol. The summed E-state index contributed by atoms with van der Waals surface area (Å²) in [5, 5.41) is 0. The van der Waals surface area contributed by atoms with Crippen molar-refractivity contribution in [2.75, 3.05) is 5.73 Å². The zero-order valence-corrected chi connectivity index (χ0v) is 8.12. The molecule has 0 saturated carbocycles. The molecule has 0 bridgehead atoms. The van der Waals surface area contributed by atoms with Crippen LogP contribution in [0.4, 0.5) is 5.69 Å². The number of anilines is 1. The van der Waals surface area contributed by atoms with E-state index in [9.17, 15) is 0 Å². The Hall–Kier alpha value is -1.76. The monoisotopic (exact) mass is 203 g/mol. The van der Waals surface area contributed by atoms with Crippen molar-refractivity contribution in [3.05, 3.63) is 53.6 Å². The molecular weight excluding hydrogens is 182 g/mol. The van der Waals surface area contributed by atoms with Gasteiger partial charge in [-0.15, -0.1) is 0 Å². The van der Waals surface area contributed by atoms with Crippen molar-refractivity contribution in [3.63, 3.8) is 0 Å². The molecule has 0 aliphatic heterocycles. The topological polar surface area (TPSA) is 26.0 Å². The molecule has 15 heavy (non-hydrogen) atoms. The third kappa shape index (κ3) is 2.01. The minimum absolute atomic E-state index is 0.201. The first-order valence-corrected chi connectivity index (χ1v) is 4.60. The van der Waals surface area contributed by atoms with E-state index in [1.807, 2.05) is 0 Å². The van der Waals surface area contributed by atoms with Crippen molar-refractivity contribution in [2.24, 2.45) is 0 Å². The van der Waals surface area contributed by atoms with Gasteiger partial charge in [-0.25, -0.2) is 0 Å². The fourth-order valence-electron chi connectivity index (χ4n) is 1.46. The smallest absolute Gasteiger partial charge is 0.0393 e. The lowest BCUT2D eigenvalue weighted by molar-refractivity contribution is 1.44. The van der Waals surface area contributed by atoms with E-state index >= 15 is 0 Å². The van der Waals surface area contributed by atoms with Crippen molar-refractivity contribution < 1.29 is 8.22 Å². The van der Waals surface area contributed by atoms with Gasteiger partial charge in [-0.2, -0.15) is 0 Å². The number of benzene rings is 2. The van der Waals surface area contributed by atoms with Gasteiger partial charge in [0.2, 0.25) is 0 Å². The minimum atomic E-state index is -2.21. The number of rotatable bonds is 1. The predicted octanol–water partition coefficient (Wildman–Crippen LogP) is 3.55.